The highest BCUT2D eigenvalue weighted by molar-refractivity contribution is 7.89. The van der Waals surface area contributed by atoms with Crippen LogP contribution in [0.1, 0.15) is 0 Å². The Kier molecular flexibility index (Phi) is 6.90. The zero-order valence-electron chi connectivity index (χ0n) is 18.9. The number of imidazole rings is 1. The Morgan fingerprint density at radius 2 is 1.71 bits per heavy atom. The number of aromatic nitrogens is 3. The van der Waals surface area contributed by atoms with Gasteiger partial charge < -0.3 is 14.6 Å². The lowest BCUT2D eigenvalue weighted by atomic mass is 10.1. The van der Waals surface area contributed by atoms with E-state index < -0.39 is 10.0 Å². The predicted molar refractivity (Wildman–Crippen MR) is 135 cm³/mol. The maximum absolute atomic E-state index is 13.0. The maximum Gasteiger partial charge on any atom is 0.243 e. The number of ether oxygens (including phenoxy) is 1. The highest BCUT2D eigenvalue weighted by Crippen LogP contribution is 2.31. The molecule has 2 aromatic carbocycles. The molecule has 1 fully saturated rings. The molecule has 0 unspecified atom stereocenters. The van der Waals surface area contributed by atoms with Crippen LogP contribution in [0.4, 0.5) is 0 Å². The van der Waals surface area contributed by atoms with Crippen LogP contribution in [0.3, 0.4) is 0 Å². The minimum Gasteiger partial charge on any atom is -0.497 e. The summed E-state index contributed by atoms with van der Waals surface area (Å²) in [4.78, 5) is 14.8. The molecule has 0 saturated carbocycles. The van der Waals surface area contributed by atoms with E-state index in [1.807, 2.05) is 37.4 Å². The van der Waals surface area contributed by atoms with Gasteiger partial charge >= 0.3 is 0 Å². The van der Waals surface area contributed by atoms with Crippen molar-refractivity contribution in [3.8, 4) is 28.3 Å². The number of benzene rings is 2. The lowest BCUT2D eigenvalue weighted by Crippen LogP contribution is -2.46. The van der Waals surface area contributed by atoms with E-state index in [0.29, 0.717) is 29.5 Å². The highest BCUT2D eigenvalue weighted by atomic mass is 35.5. The molecule has 4 aromatic rings. The molecular weight excluding hydrogens is 474 g/mol. The number of aromatic amines is 1. The van der Waals surface area contributed by atoms with E-state index in [1.165, 1.54) is 0 Å². The number of piperazine rings is 1. The summed E-state index contributed by atoms with van der Waals surface area (Å²) in [5.41, 5.74) is 4.16. The molecule has 3 heterocycles. The fourth-order valence-electron chi connectivity index (χ4n) is 4.04. The van der Waals surface area contributed by atoms with Gasteiger partial charge in [0.05, 0.1) is 17.5 Å². The largest absolute Gasteiger partial charge is 0.497 e. The van der Waals surface area contributed by atoms with Gasteiger partial charge in [-0.2, -0.15) is 4.31 Å². The molecule has 0 radical (unpaired) electrons. The van der Waals surface area contributed by atoms with Crippen molar-refractivity contribution in [3.05, 3.63) is 60.8 Å². The maximum atomic E-state index is 13.0. The molecule has 34 heavy (non-hydrogen) atoms. The van der Waals surface area contributed by atoms with E-state index in [2.05, 4.69) is 19.9 Å². The molecule has 178 valence electrons. The topological polar surface area (TPSA) is 91.4 Å². The van der Waals surface area contributed by atoms with Gasteiger partial charge in [-0.1, -0.05) is 12.1 Å². The van der Waals surface area contributed by atoms with Gasteiger partial charge in [-0.25, -0.2) is 18.4 Å². The quantitative estimate of drug-likeness (QED) is 0.450. The summed E-state index contributed by atoms with van der Waals surface area (Å²) >= 11 is 0. The fraction of sp³-hybridized carbons (Fsp3) is 0.250. The van der Waals surface area contributed by atoms with Gasteiger partial charge in [-0.3, -0.25) is 0 Å². The fourth-order valence-corrected chi connectivity index (χ4v) is 5.46. The number of hydrogen-bond donors (Lipinski definition) is 1. The predicted octanol–water partition coefficient (Wildman–Crippen LogP) is 3.66. The van der Waals surface area contributed by atoms with Crippen LogP contribution in [0.2, 0.25) is 0 Å². The standard InChI is InChI=1S/C24H25N5O3S.ClH/c1-28-12-14-29(15-13-28)33(30,31)20-8-6-17(7-9-20)23-26-22-21(10-11-25-24(22)27-23)18-4-3-5-19(16-18)32-2;/h3-11,16H,12-15H2,1-2H3,(H,25,26,27);1H. The Morgan fingerprint density at radius 1 is 0.971 bits per heavy atom. The van der Waals surface area contributed by atoms with E-state index in [0.717, 1.165) is 41.0 Å². The minimum absolute atomic E-state index is 0. The van der Waals surface area contributed by atoms with Gasteiger partial charge in [0.1, 0.15) is 11.6 Å². The average Bonchev–Trinajstić information content (AvgIpc) is 3.29. The number of pyridine rings is 1. The van der Waals surface area contributed by atoms with E-state index in [4.69, 9.17) is 4.74 Å². The third-order valence-electron chi connectivity index (χ3n) is 6.00. The lowest BCUT2D eigenvalue weighted by Gasteiger charge is -2.31. The van der Waals surface area contributed by atoms with Crippen molar-refractivity contribution in [1.29, 1.82) is 0 Å². The van der Waals surface area contributed by atoms with Crippen LogP contribution in [-0.2, 0) is 10.0 Å². The molecule has 1 N–H and O–H groups in total. The van der Waals surface area contributed by atoms with Crippen molar-refractivity contribution in [2.75, 3.05) is 40.3 Å². The van der Waals surface area contributed by atoms with Gasteiger partial charge in [0.25, 0.3) is 0 Å². The number of halogens is 1. The number of fused-ring (bicyclic) bond motifs is 1. The molecule has 0 aliphatic carbocycles. The number of H-pyrrole nitrogens is 1. The smallest absolute Gasteiger partial charge is 0.243 e. The van der Waals surface area contributed by atoms with E-state index in [1.54, 1.807) is 41.9 Å². The Labute approximate surface area is 205 Å². The van der Waals surface area contributed by atoms with E-state index in [9.17, 15) is 8.42 Å². The molecule has 1 aliphatic rings. The second kappa shape index (κ2) is 9.71. The number of likely N-dealkylation sites (N-methyl/N-ethyl adjacent to an activating group) is 1. The van der Waals surface area contributed by atoms with Gasteiger partial charge in [-0.05, 0) is 55.1 Å². The number of rotatable bonds is 5. The Bertz CT molecular complexity index is 1400. The van der Waals surface area contributed by atoms with Crippen LogP contribution < -0.4 is 4.74 Å². The van der Waals surface area contributed by atoms with Crippen LogP contribution in [0, 0.1) is 0 Å². The molecule has 0 atom stereocenters. The van der Waals surface area contributed by atoms with Crippen LogP contribution in [0.25, 0.3) is 33.7 Å². The summed E-state index contributed by atoms with van der Waals surface area (Å²) < 4.78 is 32.9. The second-order valence-corrected chi connectivity index (χ2v) is 10.0. The Morgan fingerprint density at radius 3 is 2.41 bits per heavy atom. The summed E-state index contributed by atoms with van der Waals surface area (Å²) in [5, 5.41) is 0. The van der Waals surface area contributed by atoms with Crippen molar-refractivity contribution in [2.24, 2.45) is 0 Å². The SMILES string of the molecule is COc1cccc(-c2ccnc3nc(-c4ccc(S(=O)(=O)N5CCN(C)CC5)cc4)[nH]c23)c1.Cl. The summed E-state index contributed by atoms with van der Waals surface area (Å²) in [6.45, 7) is 2.48. The van der Waals surface area contributed by atoms with Crippen molar-refractivity contribution in [3.63, 3.8) is 0 Å². The third-order valence-corrected chi connectivity index (χ3v) is 7.91. The lowest BCUT2D eigenvalue weighted by molar-refractivity contribution is 0.222. The summed E-state index contributed by atoms with van der Waals surface area (Å²) in [7, 11) is 0.136. The summed E-state index contributed by atoms with van der Waals surface area (Å²) in [5.74, 6) is 1.41. The van der Waals surface area contributed by atoms with E-state index >= 15 is 0 Å². The summed E-state index contributed by atoms with van der Waals surface area (Å²) in [6.07, 6.45) is 1.73. The molecule has 0 spiro atoms. The molecule has 2 aromatic heterocycles. The van der Waals surface area contributed by atoms with Crippen LogP contribution >= 0.6 is 12.4 Å². The first kappa shape index (κ1) is 24.2. The van der Waals surface area contributed by atoms with Crippen molar-refractivity contribution >= 4 is 33.6 Å². The number of nitrogens with one attached hydrogen (secondary N) is 1. The van der Waals surface area contributed by atoms with Gasteiger partial charge in [0.15, 0.2) is 5.65 Å². The van der Waals surface area contributed by atoms with Gasteiger partial charge in [0, 0.05) is 43.5 Å². The Balaban J connectivity index is 0.00000274. The summed E-state index contributed by atoms with van der Waals surface area (Å²) in [6, 6.07) is 16.6. The van der Waals surface area contributed by atoms with Crippen molar-refractivity contribution < 1.29 is 13.2 Å². The first-order valence-corrected chi connectivity index (χ1v) is 12.2. The number of sulfonamides is 1. The van der Waals surface area contributed by atoms with Crippen LogP contribution in [0.5, 0.6) is 5.75 Å². The molecule has 8 nitrogen and oxygen atoms in total. The zero-order valence-corrected chi connectivity index (χ0v) is 20.6. The number of methoxy groups -OCH3 is 1. The van der Waals surface area contributed by atoms with E-state index in [-0.39, 0.29) is 12.4 Å². The highest BCUT2D eigenvalue weighted by Gasteiger charge is 2.27. The number of hydrogen-bond acceptors (Lipinski definition) is 6. The molecular formula is C24H26ClN5O3S. The minimum atomic E-state index is -3.51. The van der Waals surface area contributed by atoms with Gasteiger partial charge in [0.2, 0.25) is 10.0 Å². The van der Waals surface area contributed by atoms with Gasteiger partial charge in [-0.15, -0.1) is 12.4 Å². The average molecular weight is 500 g/mol. The zero-order chi connectivity index (χ0) is 23.0. The normalized spacial score (nSPS) is 15.2. The number of nitrogens with zero attached hydrogens (tertiary/aromatic N) is 4. The molecule has 0 amide bonds. The molecule has 1 saturated heterocycles. The molecule has 10 heteroatoms. The first-order valence-electron chi connectivity index (χ1n) is 10.7. The van der Waals surface area contributed by atoms with Crippen LogP contribution in [0.15, 0.2) is 65.7 Å². The van der Waals surface area contributed by atoms with Crippen molar-refractivity contribution in [1.82, 2.24) is 24.2 Å². The van der Waals surface area contributed by atoms with Crippen molar-refractivity contribution in [2.45, 2.75) is 4.90 Å². The Hall–Kier alpha value is -2.98. The monoisotopic (exact) mass is 499 g/mol. The molecule has 1 aliphatic heterocycles. The second-order valence-electron chi connectivity index (χ2n) is 8.11. The van der Waals surface area contributed by atoms with Crippen LogP contribution in [-0.4, -0.2) is 72.9 Å². The first-order chi connectivity index (χ1) is 16.0. The molecule has 0 bridgehead atoms. The third kappa shape index (κ3) is 4.52. The molecule has 5 rings (SSSR count).